The van der Waals surface area contributed by atoms with Gasteiger partial charge in [0.15, 0.2) is 0 Å². The van der Waals surface area contributed by atoms with Crippen molar-refractivity contribution in [2.24, 2.45) is 0 Å². The van der Waals surface area contributed by atoms with Gasteiger partial charge in [0.05, 0.1) is 18.1 Å². The summed E-state index contributed by atoms with van der Waals surface area (Å²) in [5.41, 5.74) is 0.344. The number of nitrogens with zero attached hydrogens (tertiary/aromatic N) is 1. The number of rotatable bonds is 8. The van der Waals surface area contributed by atoms with Crippen LogP contribution in [0.1, 0.15) is 30.6 Å². The molecule has 1 heterocycles. The van der Waals surface area contributed by atoms with Gasteiger partial charge in [0, 0.05) is 37.8 Å². The van der Waals surface area contributed by atoms with Crippen LogP contribution in [-0.4, -0.2) is 64.7 Å². The molecule has 0 aromatic heterocycles. The zero-order valence-electron chi connectivity index (χ0n) is 14.8. The SMILES string of the molecule is CCC(C)NC(=O)c1cccc(S(=O)(=O)NCCN2CCOCC2)c1. The van der Waals surface area contributed by atoms with Crippen molar-refractivity contribution in [3.05, 3.63) is 29.8 Å². The van der Waals surface area contributed by atoms with Crippen LogP contribution in [0.5, 0.6) is 0 Å². The second-order valence-corrected chi connectivity index (χ2v) is 7.93. The molecule has 25 heavy (non-hydrogen) atoms. The quantitative estimate of drug-likeness (QED) is 0.709. The number of nitrogens with one attached hydrogen (secondary N) is 2. The molecule has 1 saturated heterocycles. The van der Waals surface area contributed by atoms with Gasteiger partial charge in [-0.3, -0.25) is 9.69 Å². The fourth-order valence-corrected chi connectivity index (χ4v) is 3.53. The first-order valence-electron chi connectivity index (χ1n) is 8.63. The van der Waals surface area contributed by atoms with Gasteiger partial charge >= 0.3 is 0 Å². The standard InChI is InChI=1S/C17H27N3O4S/c1-3-14(2)19-17(21)15-5-4-6-16(13-15)25(22,23)18-7-8-20-9-11-24-12-10-20/h4-6,13-14,18H,3,7-12H2,1-2H3,(H,19,21). The van der Waals surface area contributed by atoms with Crippen molar-refractivity contribution in [1.29, 1.82) is 0 Å². The minimum atomic E-state index is -3.64. The molecule has 0 radical (unpaired) electrons. The minimum absolute atomic E-state index is 0.0411. The largest absolute Gasteiger partial charge is 0.379 e. The third-order valence-corrected chi connectivity index (χ3v) is 5.68. The highest BCUT2D eigenvalue weighted by atomic mass is 32.2. The van der Waals surface area contributed by atoms with Crippen LogP contribution in [0.2, 0.25) is 0 Å². The number of amides is 1. The Morgan fingerprint density at radius 1 is 1.32 bits per heavy atom. The van der Waals surface area contributed by atoms with Crippen molar-refractivity contribution < 1.29 is 17.9 Å². The molecule has 1 aromatic carbocycles. The molecule has 140 valence electrons. The van der Waals surface area contributed by atoms with Crippen molar-refractivity contribution in [2.75, 3.05) is 39.4 Å². The van der Waals surface area contributed by atoms with Crippen LogP contribution in [0.3, 0.4) is 0 Å². The summed E-state index contributed by atoms with van der Waals surface area (Å²) in [6.45, 7) is 7.83. The van der Waals surface area contributed by atoms with Gasteiger partial charge in [-0.05, 0) is 31.5 Å². The Kier molecular flexibility index (Phi) is 7.37. The van der Waals surface area contributed by atoms with Crippen molar-refractivity contribution in [3.63, 3.8) is 0 Å². The molecule has 1 aliphatic rings. The molecular weight excluding hydrogens is 342 g/mol. The highest BCUT2D eigenvalue weighted by molar-refractivity contribution is 7.89. The lowest BCUT2D eigenvalue weighted by Gasteiger charge is -2.26. The predicted molar refractivity (Wildman–Crippen MR) is 96.1 cm³/mol. The molecule has 7 nitrogen and oxygen atoms in total. The molecular formula is C17H27N3O4S. The molecule has 1 fully saturated rings. The van der Waals surface area contributed by atoms with E-state index in [0.29, 0.717) is 31.9 Å². The maximum Gasteiger partial charge on any atom is 0.251 e. The molecule has 0 aliphatic carbocycles. The Bertz CT molecular complexity index is 672. The lowest BCUT2D eigenvalue weighted by atomic mass is 10.2. The maximum absolute atomic E-state index is 12.4. The first kappa shape index (κ1) is 19.8. The molecule has 1 amide bonds. The first-order valence-corrected chi connectivity index (χ1v) is 10.1. The van der Waals surface area contributed by atoms with Crippen LogP contribution in [-0.2, 0) is 14.8 Å². The molecule has 1 aromatic rings. The van der Waals surface area contributed by atoms with Gasteiger partial charge in [-0.15, -0.1) is 0 Å². The summed E-state index contributed by atoms with van der Waals surface area (Å²) in [5.74, 6) is -0.264. The summed E-state index contributed by atoms with van der Waals surface area (Å²) >= 11 is 0. The third-order valence-electron chi connectivity index (χ3n) is 4.22. The van der Waals surface area contributed by atoms with Crippen LogP contribution >= 0.6 is 0 Å². The summed E-state index contributed by atoms with van der Waals surface area (Å²) < 4.78 is 32.7. The first-order chi connectivity index (χ1) is 11.9. The summed E-state index contributed by atoms with van der Waals surface area (Å²) in [6.07, 6.45) is 0.812. The van der Waals surface area contributed by atoms with Crippen LogP contribution in [0.15, 0.2) is 29.2 Å². The summed E-state index contributed by atoms with van der Waals surface area (Å²) in [7, 11) is -3.64. The summed E-state index contributed by atoms with van der Waals surface area (Å²) in [4.78, 5) is 14.4. The van der Waals surface area contributed by atoms with Crippen LogP contribution in [0.25, 0.3) is 0 Å². The van der Waals surface area contributed by atoms with Crippen molar-refractivity contribution in [3.8, 4) is 0 Å². The molecule has 1 unspecified atom stereocenters. The summed E-state index contributed by atoms with van der Waals surface area (Å²) in [6, 6.07) is 6.15. The Morgan fingerprint density at radius 3 is 2.72 bits per heavy atom. The third kappa shape index (κ3) is 6.07. The zero-order valence-corrected chi connectivity index (χ0v) is 15.6. The fraction of sp³-hybridized carbons (Fsp3) is 0.588. The molecule has 2 N–H and O–H groups in total. The number of carbonyl (C=O) groups excluding carboxylic acids is 1. The molecule has 2 rings (SSSR count). The number of hydrogen-bond donors (Lipinski definition) is 2. The van der Waals surface area contributed by atoms with E-state index in [1.54, 1.807) is 12.1 Å². The van der Waals surface area contributed by atoms with E-state index in [4.69, 9.17) is 4.74 Å². The number of sulfonamides is 1. The predicted octanol–water partition coefficient (Wildman–Crippen LogP) is 0.825. The average molecular weight is 369 g/mol. The van der Waals surface area contributed by atoms with Gasteiger partial charge in [0.2, 0.25) is 10.0 Å². The van der Waals surface area contributed by atoms with E-state index in [1.165, 1.54) is 12.1 Å². The molecule has 1 atom stereocenters. The minimum Gasteiger partial charge on any atom is -0.379 e. The highest BCUT2D eigenvalue weighted by Gasteiger charge is 2.17. The van der Waals surface area contributed by atoms with Gasteiger partial charge in [-0.2, -0.15) is 0 Å². The maximum atomic E-state index is 12.4. The van der Waals surface area contributed by atoms with E-state index in [1.807, 2.05) is 13.8 Å². The molecule has 0 saturated carbocycles. The van der Waals surface area contributed by atoms with E-state index < -0.39 is 10.0 Å². The Balaban J connectivity index is 1.96. The fourth-order valence-electron chi connectivity index (χ4n) is 2.46. The van der Waals surface area contributed by atoms with Crippen molar-refractivity contribution in [2.45, 2.75) is 31.2 Å². The molecule has 0 spiro atoms. The summed E-state index contributed by atoms with van der Waals surface area (Å²) in [5, 5.41) is 2.84. The molecule has 1 aliphatic heterocycles. The van der Waals surface area contributed by atoms with Crippen molar-refractivity contribution in [1.82, 2.24) is 14.9 Å². The number of carbonyl (C=O) groups is 1. The number of hydrogen-bond acceptors (Lipinski definition) is 5. The van der Waals surface area contributed by atoms with Gasteiger partial charge in [-0.25, -0.2) is 13.1 Å². The van der Waals surface area contributed by atoms with Gasteiger partial charge in [-0.1, -0.05) is 13.0 Å². The van der Waals surface area contributed by atoms with Gasteiger partial charge < -0.3 is 10.1 Å². The lowest BCUT2D eigenvalue weighted by molar-refractivity contribution is 0.0390. The second kappa shape index (κ2) is 9.28. The average Bonchev–Trinajstić information content (AvgIpc) is 2.62. The van der Waals surface area contributed by atoms with E-state index in [2.05, 4.69) is 14.9 Å². The Labute approximate surface area is 149 Å². The molecule has 0 bridgehead atoms. The Morgan fingerprint density at radius 2 is 2.04 bits per heavy atom. The zero-order chi connectivity index (χ0) is 18.3. The van der Waals surface area contributed by atoms with E-state index in [-0.39, 0.29) is 16.8 Å². The topological polar surface area (TPSA) is 87.7 Å². The lowest BCUT2D eigenvalue weighted by Crippen LogP contribution is -2.41. The number of morpholine rings is 1. The van der Waals surface area contributed by atoms with E-state index in [0.717, 1.165) is 19.5 Å². The second-order valence-electron chi connectivity index (χ2n) is 6.16. The number of benzene rings is 1. The smallest absolute Gasteiger partial charge is 0.251 e. The van der Waals surface area contributed by atoms with Crippen LogP contribution in [0, 0.1) is 0 Å². The van der Waals surface area contributed by atoms with E-state index >= 15 is 0 Å². The van der Waals surface area contributed by atoms with E-state index in [9.17, 15) is 13.2 Å². The van der Waals surface area contributed by atoms with Crippen LogP contribution in [0.4, 0.5) is 0 Å². The monoisotopic (exact) mass is 369 g/mol. The highest BCUT2D eigenvalue weighted by Crippen LogP contribution is 2.12. The molecule has 8 heteroatoms. The van der Waals surface area contributed by atoms with Gasteiger partial charge in [0.25, 0.3) is 5.91 Å². The van der Waals surface area contributed by atoms with Crippen LogP contribution < -0.4 is 10.0 Å². The Hall–Kier alpha value is -1.48. The normalized spacial score (nSPS) is 17.2. The number of ether oxygens (including phenoxy) is 1. The van der Waals surface area contributed by atoms with Crippen molar-refractivity contribution >= 4 is 15.9 Å². The van der Waals surface area contributed by atoms with Gasteiger partial charge in [0.1, 0.15) is 0 Å².